The molecule has 0 amide bonds. The van der Waals surface area contributed by atoms with Crippen LogP contribution in [-0.2, 0) is 4.79 Å². The van der Waals surface area contributed by atoms with Crippen LogP contribution in [0.3, 0.4) is 0 Å². The number of aliphatic carboxylic acids is 1. The number of aliphatic hydroxyl groups excluding tert-OH is 1. The zero-order valence-corrected chi connectivity index (χ0v) is 9.26. The molecule has 3 nitrogen and oxygen atoms in total. The molecule has 1 aromatic carbocycles. The van der Waals surface area contributed by atoms with Gasteiger partial charge in [0.1, 0.15) is 0 Å². The first kappa shape index (κ1) is 11.1. The van der Waals surface area contributed by atoms with E-state index in [0.29, 0.717) is 11.5 Å². The summed E-state index contributed by atoms with van der Waals surface area (Å²) in [5.41, 5.74) is 1.92. The van der Waals surface area contributed by atoms with E-state index in [0.717, 1.165) is 0 Å². The van der Waals surface area contributed by atoms with E-state index in [2.05, 4.69) is 0 Å². The lowest BCUT2D eigenvalue weighted by molar-refractivity contribution is -0.145. The smallest absolute Gasteiger partial charge is 0.309 e. The second-order valence-corrected chi connectivity index (χ2v) is 4.52. The molecule has 0 saturated heterocycles. The van der Waals surface area contributed by atoms with Crippen molar-refractivity contribution in [3.63, 3.8) is 0 Å². The molecule has 1 aromatic rings. The number of carboxylic acids is 1. The molecule has 0 heterocycles. The number of carboxylic acid groups (broad SMARTS) is 1. The normalized spacial score (nSPS) is 19.1. The van der Waals surface area contributed by atoms with Gasteiger partial charge in [0.25, 0.3) is 0 Å². The van der Waals surface area contributed by atoms with Crippen LogP contribution in [0.2, 0.25) is 0 Å². The van der Waals surface area contributed by atoms with Gasteiger partial charge in [-0.05, 0) is 36.8 Å². The Labute approximate surface area is 94.7 Å². The molecule has 2 rings (SSSR count). The highest BCUT2D eigenvalue weighted by molar-refractivity contribution is 5.70. The minimum atomic E-state index is -0.968. The van der Waals surface area contributed by atoms with Gasteiger partial charge in [-0.2, -0.15) is 0 Å². The first-order chi connectivity index (χ1) is 7.59. The average Bonchev–Trinajstić information content (AvgIpc) is 3.11. The first-order valence-corrected chi connectivity index (χ1v) is 5.60. The molecule has 1 aliphatic carbocycles. The topological polar surface area (TPSA) is 57.5 Å². The summed E-state index contributed by atoms with van der Waals surface area (Å²) < 4.78 is 0. The minimum Gasteiger partial charge on any atom is -0.481 e. The van der Waals surface area contributed by atoms with E-state index in [1.54, 1.807) is 6.07 Å². The fourth-order valence-electron chi connectivity index (χ4n) is 1.84. The van der Waals surface area contributed by atoms with Crippen molar-refractivity contribution in [2.24, 2.45) is 5.92 Å². The van der Waals surface area contributed by atoms with E-state index in [9.17, 15) is 9.90 Å². The van der Waals surface area contributed by atoms with Crippen LogP contribution in [-0.4, -0.2) is 16.2 Å². The van der Waals surface area contributed by atoms with E-state index in [1.807, 2.05) is 18.2 Å². The fourth-order valence-corrected chi connectivity index (χ4v) is 1.84. The molecule has 2 atom stereocenters. The summed E-state index contributed by atoms with van der Waals surface area (Å²) in [5, 5.41) is 18.7. The Balaban J connectivity index is 2.18. The van der Waals surface area contributed by atoms with Crippen molar-refractivity contribution in [3.05, 3.63) is 35.4 Å². The zero-order valence-electron chi connectivity index (χ0n) is 9.26. The second kappa shape index (κ2) is 4.26. The zero-order chi connectivity index (χ0) is 11.7. The molecule has 0 aromatic heterocycles. The summed E-state index contributed by atoms with van der Waals surface area (Å²) in [7, 11) is 0. The Kier molecular flexibility index (Phi) is 2.97. The van der Waals surface area contributed by atoms with Gasteiger partial charge in [0.15, 0.2) is 0 Å². The Morgan fingerprint density at radius 3 is 2.69 bits per heavy atom. The summed E-state index contributed by atoms with van der Waals surface area (Å²) in [6.45, 7) is 1.52. The van der Waals surface area contributed by atoms with E-state index in [1.165, 1.54) is 25.3 Å². The molecular weight excluding hydrogens is 204 g/mol. The van der Waals surface area contributed by atoms with Crippen molar-refractivity contribution >= 4 is 5.97 Å². The number of carbonyl (C=O) groups is 1. The van der Waals surface area contributed by atoms with Gasteiger partial charge in [-0.15, -0.1) is 0 Å². The number of benzene rings is 1. The molecule has 3 heteroatoms. The van der Waals surface area contributed by atoms with Gasteiger partial charge in [-0.3, -0.25) is 4.79 Å². The van der Waals surface area contributed by atoms with Crippen LogP contribution in [0, 0.1) is 5.92 Å². The monoisotopic (exact) mass is 220 g/mol. The van der Waals surface area contributed by atoms with Crippen molar-refractivity contribution in [2.45, 2.75) is 31.8 Å². The van der Waals surface area contributed by atoms with Crippen molar-refractivity contribution in [1.82, 2.24) is 0 Å². The van der Waals surface area contributed by atoms with Gasteiger partial charge in [-0.1, -0.05) is 24.3 Å². The van der Waals surface area contributed by atoms with Gasteiger partial charge in [0, 0.05) is 0 Å². The predicted octanol–water partition coefficient (Wildman–Crippen LogP) is 2.32. The standard InChI is InChI=1S/C13H16O3/c1-8(13(15)16)12(14)11-4-2-3-10(7-11)9-5-6-9/h2-4,7-9,12,14H,5-6H2,1H3,(H,15,16). The Morgan fingerprint density at radius 1 is 1.44 bits per heavy atom. The van der Waals surface area contributed by atoms with E-state index in [-0.39, 0.29) is 0 Å². The highest BCUT2D eigenvalue weighted by Crippen LogP contribution is 2.40. The minimum absolute atomic E-state index is 0.618. The number of rotatable bonds is 4. The summed E-state index contributed by atoms with van der Waals surface area (Å²) in [6, 6.07) is 7.65. The highest BCUT2D eigenvalue weighted by atomic mass is 16.4. The molecule has 16 heavy (non-hydrogen) atoms. The summed E-state index contributed by atoms with van der Waals surface area (Å²) >= 11 is 0. The molecular formula is C13H16O3. The summed E-state index contributed by atoms with van der Waals surface area (Å²) in [6.07, 6.45) is 1.48. The highest BCUT2D eigenvalue weighted by Gasteiger charge is 2.26. The molecule has 0 radical (unpaired) electrons. The Hall–Kier alpha value is -1.35. The number of aliphatic hydroxyl groups is 1. The molecule has 2 N–H and O–H groups in total. The molecule has 0 bridgehead atoms. The van der Waals surface area contributed by atoms with Gasteiger partial charge >= 0.3 is 5.97 Å². The fraction of sp³-hybridized carbons (Fsp3) is 0.462. The summed E-state index contributed by atoms with van der Waals surface area (Å²) in [5.74, 6) is -1.12. The lowest BCUT2D eigenvalue weighted by Gasteiger charge is -2.16. The van der Waals surface area contributed by atoms with Gasteiger partial charge in [-0.25, -0.2) is 0 Å². The molecule has 0 spiro atoms. The van der Waals surface area contributed by atoms with Crippen molar-refractivity contribution in [1.29, 1.82) is 0 Å². The lowest BCUT2D eigenvalue weighted by atomic mass is 9.95. The summed E-state index contributed by atoms with van der Waals surface area (Å²) in [4.78, 5) is 10.8. The van der Waals surface area contributed by atoms with Crippen LogP contribution >= 0.6 is 0 Å². The third kappa shape index (κ3) is 2.25. The van der Waals surface area contributed by atoms with Crippen molar-refractivity contribution in [2.75, 3.05) is 0 Å². The van der Waals surface area contributed by atoms with Crippen LogP contribution in [0.5, 0.6) is 0 Å². The predicted molar refractivity (Wildman–Crippen MR) is 60.2 cm³/mol. The number of hydrogen-bond donors (Lipinski definition) is 2. The molecule has 2 unspecified atom stereocenters. The maximum atomic E-state index is 10.8. The van der Waals surface area contributed by atoms with E-state index < -0.39 is 18.0 Å². The maximum Gasteiger partial charge on any atom is 0.309 e. The maximum absolute atomic E-state index is 10.8. The molecule has 1 saturated carbocycles. The molecule has 0 aliphatic heterocycles. The van der Waals surface area contributed by atoms with Gasteiger partial charge in [0.2, 0.25) is 0 Å². The van der Waals surface area contributed by atoms with Crippen LogP contribution in [0.15, 0.2) is 24.3 Å². The van der Waals surface area contributed by atoms with Gasteiger partial charge < -0.3 is 10.2 Å². The van der Waals surface area contributed by atoms with E-state index >= 15 is 0 Å². The van der Waals surface area contributed by atoms with Crippen LogP contribution in [0.4, 0.5) is 0 Å². The lowest BCUT2D eigenvalue weighted by Crippen LogP contribution is -2.18. The third-order valence-corrected chi connectivity index (χ3v) is 3.16. The van der Waals surface area contributed by atoms with Crippen LogP contribution < -0.4 is 0 Å². The van der Waals surface area contributed by atoms with Gasteiger partial charge in [0.05, 0.1) is 12.0 Å². The average molecular weight is 220 g/mol. The largest absolute Gasteiger partial charge is 0.481 e. The molecule has 1 fully saturated rings. The Morgan fingerprint density at radius 2 is 2.12 bits per heavy atom. The quantitative estimate of drug-likeness (QED) is 0.818. The SMILES string of the molecule is CC(C(=O)O)C(O)c1cccc(C2CC2)c1. The van der Waals surface area contributed by atoms with E-state index in [4.69, 9.17) is 5.11 Å². The molecule has 1 aliphatic rings. The van der Waals surface area contributed by atoms with Crippen molar-refractivity contribution < 1.29 is 15.0 Å². The van der Waals surface area contributed by atoms with Crippen molar-refractivity contribution in [3.8, 4) is 0 Å². The first-order valence-electron chi connectivity index (χ1n) is 5.60. The van der Waals surface area contributed by atoms with Crippen LogP contribution in [0.25, 0.3) is 0 Å². The van der Waals surface area contributed by atoms with Crippen LogP contribution in [0.1, 0.15) is 42.9 Å². The number of hydrogen-bond acceptors (Lipinski definition) is 2. The Bertz CT molecular complexity index is 396. The second-order valence-electron chi connectivity index (χ2n) is 4.52. The molecule has 86 valence electrons. The third-order valence-electron chi connectivity index (χ3n) is 3.16.